The first-order valence-corrected chi connectivity index (χ1v) is 14.7. The Hall–Kier alpha value is -2.26. The number of benzene rings is 3. The number of hydrogen-bond acceptors (Lipinski definition) is 4. The molecule has 4 aromatic rings. The van der Waals surface area contributed by atoms with Crippen LogP contribution in [0, 0.1) is 5.92 Å². The Morgan fingerprint density at radius 2 is 1.45 bits per heavy atom. The molecule has 1 saturated carbocycles. The summed E-state index contributed by atoms with van der Waals surface area (Å²) in [6.07, 6.45) is 3.89. The maximum absolute atomic E-state index is 12.4. The molecule has 2 aliphatic rings. The van der Waals surface area contributed by atoms with Gasteiger partial charge in [0.1, 0.15) is 11.4 Å². The minimum atomic E-state index is -2.16. The molecule has 9 heteroatoms. The summed E-state index contributed by atoms with van der Waals surface area (Å²) in [4.78, 5) is 5.01. The van der Waals surface area contributed by atoms with Gasteiger partial charge in [-0.05, 0) is 84.7 Å². The van der Waals surface area contributed by atoms with Crippen LogP contribution in [-0.2, 0) is 23.4 Å². The third-order valence-electron chi connectivity index (χ3n) is 7.89. The van der Waals surface area contributed by atoms with Crippen LogP contribution in [0.25, 0.3) is 11.0 Å². The van der Waals surface area contributed by atoms with E-state index < -0.39 is 16.9 Å². The molecular weight excluding hydrogens is 541 g/mol. The first-order valence-electron chi connectivity index (χ1n) is 12.9. The standard InChI is InChI=1S/C29H29Cl2N3O3S/c30-24-8-3-21(4-9-24)29(35,22-5-10-25(31)11-6-22)23-7-12-26-27(17-23)34(28(32-26)20-1-2-20)18-19-13-15-33(16-14-19)38(36)37/h3-12,17,19-20,35H,1-2,13-16,18H2,(H,36,37)/p-1. The van der Waals surface area contributed by atoms with E-state index in [1.54, 1.807) is 24.3 Å². The summed E-state index contributed by atoms with van der Waals surface area (Å²) in [7, 11) is 0. The van der Waals surface area contributed by atoms with Crippen molar-refractivity contribution in [2.45, 2.75) is 43.7 Å². The van der Waals surface area contributed by atoms with Gasteiger partial charge in [0, 0.05) is 46.9 Å². The Labute approximate surface area is 234 Å². The SMILES string of the molecule is O=S([O-])N1CCC(Cn2c(C3CC3)nc3ccc(C(O)(c4ccc(Cl)cc4)c4ccc(Cl)cc4)cc32)CC1. The monoisotopic (exact) mass is 568 g/mol. The number of fused-ring (bicyclic) bond motifs is 1. The maximum Gasteiger partial charge on any atom is 0.140 e. The molecule has 0 bridgehead atoms. The van der Waals surface area contributed by atoms with Crippen LogP contribution >= 0.6 is 23.2 Å². The highest BCUT2D eigenvalue weighted by atomic mass is 35.5. The van der Waals surface area contributed by atoms with E-state index in [0.29, 0.717) is 46.1 Å². The fourth-order valence-corrected chi connectivity index (χ4v) is 6.35. The van der Waals surface area contributed by atoms with E-state index >= 15 is 0 Å². The second-order valence-corrected chi connectivity index (χ2v) is 12.2. The molecule has 1 aromatic heterocycles. The molecule has 0 amide bonds. The van der Waals surface area contributed by atoms with Crippen LogP contribution in [-0.4, -0.2) is 40.8 Å². The topological polar surface area (TPSA) is 81.4 Å². The van der Waals surface area contributed by atoms with Crippen molar-refractivity contribution in [1.29, 1.82) is 0 Å². The van der Waals surface area contributed by atoms with E-state index in [2.05, 4.69) is 10.6 Å². The quantitative estimate of drug-likeness (QED) is 0.218. The van der Waals surface area contributed by atoms with Crippen LogP contribution < -0.4 is 0 Å². The average Bonchev–Trinajstić information content (AvgIpc) is 3.71. The summed E-state index contributed by atoms with van der Waals surface area (Å²) >= 11 is 10.2. The van der Waals surface area contributed by atoms with Gasteiger partial charge in [-0.2, -0.15) is 0 Å². The molecule has 198 valence electrons. The number of halogens is 2. The smallest absolute Gasteiger partial charge is 0.140 e. The number of aromatic nitrogens is 2. The maximum atomic E-state index is 12.4. The van der Waals surface area contributed by atoms with Gasteiger partial charge in [0.25, 0.3) is 0 Å². The lowest BCUT2D eigenvalue weighted by molar-refractivity contribution is 0.126. The predicted octanol–water partition coefficient (Wildman–Crippen LogP) is 6.01. The number of rotatable bonds is 7. The van der Waals surface area contributed by atoms with Crippen molar-refractivity contribution in [3.8, 4) is 0 Å². The molecular formula is C29H28Cl2N3O3S-. The van der Waals surface area contributed by atoms with Gasteiger partial charge in [0.05, 0.1) is 11.0 Å². The summed E-state index contributed by atoms with van der Waals surface area (Å²) in [5.41, 5.74) is 2.60. The van der Waals surface area contributed by atoms with E-state index in [0.717, 1.165) is 54.6 Å². The lowest BCUT2D eigenvalue weighted by Crippen LogP contribution is -2.36. The largest absolute Gasteiger partial charge is 0.760 e. The lowest BCUT2D eigenvalue weighted by Gasteiger charge is -2.33. The molecule has 2 fully saturated rings. The fourth-order valence-electron chi connectivity index (χ4n) is 5.59. The molecule has 3 aromatic carbocycles. The van der Waals surface area contributed by atoms with Gasteiger partial charge in [-0.25, -0.2) is 9.29 Å². The second-order valence-electron chi connectivity index (χ2n) is 10.4. The summed E-state index contributed by atoms with van der Waals surface area (Å²) in [5.74, 6) is 1.90. The van der Waals surface area contributed by atoms with Crippen molar-refractivity contribution in [2.75, 3.05) is 13.1 Å². The fraction of sp³-hybridized carbons (Fsp3) is 0.345. The third-order valence-corrected chi connectivity index (χ3v) is 9.18. The Bertz CT molecular complexity index is 1430. The van der Waals surface area contributed by atoms with E-state index in [4.69, 9.17) is 28.2 Å². The Kier molecular flexibility index (Phi) is 7.10. The summed E-state index contributed by atoms with van der Waals surface area (Å²) in [6.45, 7) is 1.88. The molecule has 0 spiro atoms. The molecule has 6 rings (SSSR count). The lowest BCUT2D eigenvalue weighted by atomic mass is 9.80. The summed E-state index contributed by atoms with van der Waals surface area (Å²) in [6, 6.07) is 20.5. The van der Waals surface area contributed by atoms with E-state index in [1.807, 2.05) is 36.4 Å². The molecule has 1 atom stereocenters. The summed E-state index contributed by atoms with van der Waals surface area (Å²) < 4.78 is 26.6. The molecule has 0 radical (unpaired) electrons. The minimum absolute atomic E-state index is 0.361. The van der Waals surface area contributed by atoms with Gasteiger partial charge in [0.15, 0.2) is 0 Å². The van der Waals surface area contributed by atoms with Gasteiger partial charge in [0.2, 0.25) is 0 Å². The highest BCUT2D eigenvalue weighted by Crippen LogP contribution is 2.43. The predicted molar refractivity (Wildman–Crippen MR) is 150 cm³/mol. The van der Waals surface area contributed by atoms with Crippen LogP contribution in [0.2, 0.25) is 10.0 Å². The van der Waals surface area contributed by atoms with Crippen molar-refractivity contribution in [2.24, 2.45) is 5.92 Å². The van der Waals surface area contributed by atoms with Gasteiger partial charge >= 0.3 is 0 Å². The number of aliphatic hydroxyl groups is 1. The van der Waals surface area contributed by atoms with Crippen molar-refractivity contribution in [3.63, 3.8) is 0 Å². The molecule has 1 aliphatic carbocycles. The molecule has 1 saturated heterocycles. The van der Waals surface area contributed by atoms with E-state index in [9.17, 15) is 13.9 Å². The molecule has 1 unspecified atom stereocenters. The highest BCUT2D eigenvalue weighted by Gasteiger charge is 2.36. The second kappa shape index (κ2) is 10.4. The highest BCUT2D eigenvalue weighted by molar-refractivity contribution is 7.76. The molecule has 6 nitrogen and oxygen atoms in total. The molecule has 2 heterocycles. The van der Waals surface area contributed by atoms with Gasteiger partial charge in [-0.1, -0.05) is 53.5 Å². The summed E-state index contributed by atoms with van der Waals surface area (Å²) in [5, 5.41) is 13.6. The molecule has 38 heavy (non-hydrogen) atoms. The number of nitrogens with zero attached hydrogens (tertiary/aromatic N) is 3. The number of piperidine rings is 1. The average molecular weight is 570 g/mol. The molecule has 1 aliphatic heterocycles. The third kappa shape index (κ3) is 4.92. The van der Waals surface area contributed by atoms with Crippen LogP contribution in [0.4, 0.5) is 0 Å². The van der Waals surface area contributed by atoms with Gasteiger partial charge < -0.3 is 14.2 Å². The zero-order valence-electron chi connectivity index (χ0n) is 20.7. The normalized spacial score (nSPS) is 18.2. The Morgan fingerprint density at radius 3 is 1.97 bits per heavy atom. The minimum Gasteiger partial charge on any atom is -0.760 e. The van der Waals surface area contributed by atoms with Crippen LogP contribution in [0.15, 0.2) is 66.7 Å². The van der Waals surface area contributed by atoms with Gasteiger partial charge in [-0.3, -0.25) is 4.21 Å². The van der Waals surface area contributed by atoms with E-state index in [-0.39, 0.29) is 0 Å². The van der Waals surface area contributed by atoms with Crippen LogP contribution in [0.1, 0.15) is 54.1 Å². The van der Waals surface area contributed by atoms with Gasteiger partial charge in [-0.15, -0.1) is 0 Å². The Morgan fingerprint density at radius 1 is 0.895 bits per heavy atom. The Balaban J connectivity index is 1.44. The number of imidazole rings is 1. The van der Waals surface area contributed by atoms with Crippen molar-refractivity contribution >= 4 is 45.5 Å². The zero-order valence-corrected chi connectivity index (χ0v) is 23.1. The molecule has 1 N–H and O–H groups in total. The van der Waals surface area contributed by atoms with Crippen molar-refractivity contribution in [3.05, 3.63) is 99.3 Å². The van der Waals surface area contributed by atoms with Crippen LogP contribution in [0.3, 0.4) is 0 Å². The first-order chi connectivity index (χ1) is 18.3. The first kappa shape index (κ1) is 26.0. The van der Waals surface area contributed by atoms with Crippen molar-refractivity contribution in [1.82, 2.24) is 13.9 Å². The number of hydrogen-bond donors (Lipinski definition) is 1. The van der Waals surface area contributed by atoms with Crippen molar-refractivity contribution < 1.29 is 13.9 Å². The zero-order chi connectivity index (χ0) is 26.4. The van der Waals surface area contributed by atoms with Crippen LogP contribution in [0.5, 0.6) is 0 Å². The van der Waals surface area contributed by atoms with E-state index in [1.165, 1.54) is 4.31 Å².